The number of hydrogen-bond acceptors (Lipinski definition) is 4. The van der Waals surface area contributed by atoms with Crippen LogP contribution in [0.15, 0.2) is 91.0 Å². The van der Waals surface area contributed by atoms with Crippen LogP contribution < -0.4 is 11.1 Å². The van der Waals surface area contributed by atoms with Gasteiger partial charge in [0.15, 0.2) is 5.78 Å². The number of benzene rings is 4. The molecular formula is C26H18N2OS. The van der Waals surface area contributed by atoms with Crippen LogP contribution >= 0.6 is 12.2 Å². The van der Waals surface area contributed by atoms with Crippen molar-refractivity contribution in [1.29, 1.82) is 0 Å². The summed E-state index contributed by atoms with van der Waals surface area (Å²) in [6.45, 7) is 0. The van der Waals surface area contributed by atoms with Gasteiger partial charge in [0.05, 0.1) is 16.1 Å². The number of anilines is 3. The molecule has 4 aromatic rings. The van der Waals surface area contributed by atoms with Crippen molar-refractivity contribution in [1.82, 2.24) is 0 Å². The highest BCUT2D eigenvalue weighted by Gasteiger charge is 2.32. The molecule has 0 saturated carbocycles. The van der Waals surface area contributed by atoms with E-state index in [2.05, 4.69) is 5.32 Å². The lowest BCUT2D eigenvalue weighted by Gasteiger charge is -2.26. The zero-order valence-corrected chi connectivity index (χ0v) is 16.9. The highest BCUT2D eigenvalue weighted by atomic mass is 32.1. The highest BCUT2D eigenvalue weighted by molar-refractivity contribution is 7.81. The number of nitrogens with one attached hydrogen (secondary N) is 1. The number of para-hydroxylation sites is 1. The molecule has 0 amide bonds. The van der Waals surface area contributed by atoms with Gasteiger partial charge < -0.3 is 11.1 Å². The average molecular weight is 407 g/mol. The monoisotopic (exact) mass is 406 g/mol. The van der Waals surface area contributed by atoms with E-state index in [9.17, 15) is 4.79 Å². The van der Waals surface area contributed by atoms with Gasteiger partial charge in [0, 0.05) is 33.6 Å². The van der Waals surface area contributed by atoms with Crippen molar-refractivity contribution in [2.45, 2.75) is 0 Å². The van der Waals surface area contributed by atoms with Gasteiger partial charge in [0.1, 0.15) is 0 Å². The summed E-state index contributed by atoms with van der Waals surface area (Å²) in [4.78, 5) is 14.1. The molecule has 3 N–H and O–H groups in total. The number of carbonyl (C=O) groups is 1. The van der Waals surface area contributed by atoms with Gasteiger partial charge in [-0.25, -0.2) is 0 Å². The second-order valence-corrected chi connectivity index (χ2v) is 7.60. The molecule has 4 heteroatoms. The second kappa shape index (κ2) is 7.25. The van der Waals surface area contributed by atoms with Gasteiger partial charge in [-0.3, -0.25) is 4.79 Å². The fourth-order valence-corrected chi connectivity index (χ4v) is 4.34. The molecule has 4 aromatic carbocycles. The summed E-state index contributed by atoms with van der Waals surface area (Å²) in [7, 11) is 0. The van der Waals surface area contributed by atoms with Gasteiger partial charge >= 0.3 is 0 Å². The summed E-state index contributed by atoms with van der Waals surface area (Å²) in [6.07, 6.45) is 0. The largest absolute Gasteiger partial charge is 0.398 e. The number of nitrogen functional groups attached to an aromatic ring is 1. The average Bonchev–Trinajstić information content (AvgIpc) is 2.79. The predicted molar refractivity (Wildman–Crippen MR) is 127 cm³/mol. The van der Waals surface area contributed by atoms with Crippen LogP contribution in [0.5, 0.6) is 0 Å². The lowest BCUT2D eigenvalue weighted by atomic mass is 9.81. The molecule has 0 saturated heterocycles. The minimum absolute atomic E-state index is 0.0704. The van der Waals surface area contributed by atoms with E-state index < -0.39 is 0 Å². The highest BCUT2D eigenvalue weighted by Crippen LogP contribution is 2.42. The molecule has 3 nitrogen and oxygen atoms in total. The number of carbonyl (C=O) groups excluding carboxylic acids is 1. The number of hydrogen-bond donors (Lipinski definition) is 2. The number of thiocarbonyl (C=S) groups is 1. The summed E-state index contributed by atoms with van der Waals surface area (Å²) in [5, 5.41) is 3.42. The summed E-state index contributed by atoms with van der Waals surface area (Å²) >= 11 is 5.83. The predicted octanol–water partition coefficient (Wildman–Crippen LogP) is 5.99. The smallest absolute Gasteiger partial charge is 0.196 e. The summed E-state index contributed by atoms with van der Waals surface area (Å²) < 4.78 is 0. The topological polar surface area (TPSA) is 55.1 Å². The lowest BCUT2D eigenvalue weighted by Crippen LogP contribution is -2.23. The van der Waals surface area contributed by atoms with Crippen LogP contribution in [-0.4, -0.2) is 10.6 Å². The molecule has 5 rings (SSSR count). The Morgan fingerprint density at radius 1 is 0.700 bits per heavy atom. The van der Waals surface area contributed by atoms with Gasteiger partial charge in [-0.2, -0.15) is 0 Å². The number of rotatable bonds is 3. The van der Waals surface area contributed by atoms with E-state index in [0.29, 0.717) is 32.9 Å². The maximum absolute atomic E-state index is 13.5. The second-order valence-electron chi connectivity index (χ2n) is 7.20. The molecule has 0 aliphatic heterocycles. The van der Waals surface area contributed by atoms with Gasteiger partial charge in [-0.1, -0.05) is 85.0 Å². The summed E-state index contributed by atoms with van der Waals surface area (Å²) in [6, 6.07) is 29.1. The summed E-state index contributed by atoms with van der Waals surface area (Å²) in [5.41, 5.74) is 13.1. The van der Waals surface area contributed by atoms with Gasteiger partial charge in [-0.05, 0) is 23.8 Å². The van der Waals surface area contributed by atoms with Crippen LogP contribution in [-0.2, 0) is 0 Å². The molecule has 0 heterocycles. The number of ketones is 1. The van der Waals surface area contributed by atoms with Crippen LogP contribution in [0.4, 0.5) is 17.1 Å². The minimum atomic E-state index is -0.0704. The Morgan fingerprint density at radius 2 is 1.30 bits per heavy atom. The maximum atomic E-state index is 13.5. The molecule has 0 spiro atoms. The van der Waals surface area contributed by atoms with Crippen molar-refractivity contribution < 1.29 is 4.79 Å². The van der Waals surface area contributed by atoms with Gasteiger partial charge in [0.25, 0.3) is 0 Å². The first-order valence-corrected chi connectivity index (χ1v) is 10.1. The molecule has 144 valence electrons. The van der Waals surface area contributed by atoms with Crippen molar-refractivity contribution in [3.05, 3.63) is 113 Å². The van der Waals surface area contributed by atoms with E-state index in [0.717, 1.165) is 22.4 Å². The summed E-state index contributed by atoms with van der Waals surface area (Å²) in [5.74, 6) is -0.0704. The molecule has 0 unspecified atom stereocenters. The van der Waals surface area contributed by atoms with Crippen molar-refractivity contribution in [3.8, 4) is 11.1 Å². The van der Waals surface area contributed by atoms with Crippen LogP contribution in [0.25, 0.3) is 11.1 Å². The van der Waals surface area contributed by atoms with E-state index in [1.807, 2.05) is 91.0 Å². The van der Waals surface area contributed by atoms with E-state index in [-0.39, 0.29) is 5.78 Å². The van der Waals surface area contributed by atoms with Crippen LogP contribution in [0.3, 0.4) is 0 Å². The molecule has 0 fully saturated rings. The molecule has 1 aliphatic carbocycles. The Hall–Kier alpha value is -3.76. The van der Waals surface area contributed by atoms with E-state index in [1.165, 1.54) is 0 Å². The fourth-order valence-electron chi connectivity index (χ4n) is 3.95. The standard InChI is InChI=1S/C26H18N2OS/c27-24-20(16-9-3-1-4-10-16)15-21(28-17-11-5-2-6-12-17)22-23(24)26(30)19-14-8-7-13-18(19)25(22)29/h1-15,28H,27H2. The molecule has 0 atom stereocenters. The van der Waals surface area contributed by atoms with Crippen molar-refractivity contribution in [3.63, 3.8) is 0 Å². The fraction of sp³-hybridized carbons (Fsp3) is 0. The van der Waals surface area contributed by atoms with Crippen molar-refractivity contribution in [2.24, 2.45) is 0 Å². The van der Waals surface area contributed by atoms with Crippen LogP contribution in [0, 0.1) is 0 Å². The molecule has 1 aliphatic rings. The SMILES string of the molecule is Nc1c(-c2ccccc2)cc(Nc2ccccc2)c2c1C(=S)c1ccccc1C2=O. The zero-order valence-electron chi connectivity index (χ0n) is 16.1. The lowest BCUT2D eigenvalue weighted by molar-refractivity contribution is 0.103. The third kappa shape index (κ3) is 2.90. The van der Waals surface area contributed by atoms with Crippen molar-refractivity contribution in [2.75, 3.05) is 11.1 Å². The van der Waals surface area contributed by atoms with E-state index >= 15 is 0 Å². The maximum Gasteiger partial charge on any atom is 0.196 e. The Kier molecular flexibility index (Phi) is 4.42. The Labute approximate surface area is 180 Å². The first kappa shape index (κ1) is 18.3. The normalized spacial score (nSPS) is 12.3. The Bertz CT molecular complexity index is 1300. The third-order valence-electron chi connectivity index (χ3n) is 5.38. The van der Waals surface area contributed by atoms with Crippen LogP contribution in [0.2, 0.25) is 0 Å². The first-order valence-electron chi connectivity index (χ1n) is 9.67. The molecular weight excluding hydrogens is 388 g/mol. The van der Waals surface area contributed by atoms with Crippen molar-refractivity contribution >= 4 is 39.9 Å². The van der Waals surface area contributed by atoms with Gasteiger partial charge in [-0.15, -0.1) is 0 Å². The quantitative estimate of drug-likeness (QED) is 0.285. The van der Waals surface area contributed by atoms with Gasteiger partial charge in [0.2, 0.25) is 0 Å². The minimum Gasteiger partial charge on any atom is -0.398 e. The molecule has 0 aromatic heterocycles. The molecule has 30 heavy (non-hydrogen) atoms. The number of fused-ring (bicyclic) bond motifs is 2. The zero-order chi connectivity index (χ0) is 20.7. The Balaban J connectivity index is 1.80. The first-order chi connectivity index (χ1) is 14.6. The van der Waals surface area contributed by atoms with E-state index in [4.69, 9.17) is 18.0 Å². The number of nitrogens with two attached hydrogens (primary N) is 1. The van der Waals surface area contributed by atoms with Crippen LogP contribution in [0.1, 0.15) is 27.0 Å². The van der Waals surface area contributed by atoms with E-state index in [1.54, 1.807) is 0 Å². The molecule has 0 bridgehead atoms. The molecule has 0 radical (unpaired) electrons. The third-order valence-corrected chi connectivity index (χ3v) is 5.80. The Morgan fingerprint density at radius 3 is 2.00 bits per heavy atom.